The van der Waals surface area contributed by atoms with E-state index in [0.717, 1.165) is 39.7 Å². The fourth-order valence-electron chi connectivity index (χ4n) is 6.68. The molecule has 60 heavy (non-hydrogen) atoms. The summed E-state index contributed by atoms with van der Waals surface area (Å²) in [5.74, 6) is 1.83. The maximum absolute atomic E-state index is 9.19. The minimum Gasteiger partial charge on any atom is -0.694 e. The predicted octanol–water partition coefficient (Wildman–Crippen LogP) is 10.3. The monoisotopic (exact) mass is 934 g/mol. The minimum atomic E-state index is -3.67. The maximum atomic E-state index is 9.19. The molecular formula is C50H42N2O4P2PdS. The van der Waals surface area contributed by atoms with Crippen LogP contribution in [-0.2, 0) is 30.5 Å². The molecule has 0 saturated heterocycles. The first-order chi connectivity index (χ1) is 28.8. The molecule has 10 heteroatoms. The topological polar surface area (TPSA) is 89.7 Å². The van der Waals surface area contributed by atoms with Crippen LogP contribution >= 0.6 is 15.8 Å². The first kappa shape index (κ1) is 44.2. The molecule has 0 spiro atoms. The van der Waals surface area contributed by atoms with Crippen LogP contribution in [0, 0.1) is 6.07 Å². The number of para-hydroxylation sites is 3. The Bertz CT molecular complexity index is 2480. The number of benzene rings is 8. The van der Waals surface area contributed by atoms with Crippen LogP contribution in [0.4, 0.5) is 17.1 Å². The van der Waals surface area contributed by atoms with E-state index >= 15 is 0 Å². The summed E-state index contributed by atoms with van der Waals surface area (Å²) in [6.45, 7) is 0. The summed E-state index contributed by atoms with van der Waals surface area (Å²) in [7, 11) is -3.50. The zero-order valence-corrected chi connectivity index (χ0v) is 37.0. The van der Waals surface area contributed by atoms with Crippen molar-refractivity contribution in [3.63, 3.8) is 0 Å². The Morgan fingerprint density at radius 2 is 0.917 bits per heavy atom. The van der Waals surface area contributed by atoms with Gasteiger partial charge >= 0.3 is 20.4 Å². The number of ether oxygens (including phenoxy) is 1. The molecule has 0 fully saturated rings. The Balaban J connectivity index is 0.000000251. The largest absolute Gasteiger partial charge is 2.00 e. The van der Waals surface area contributed by atoms with Crippen molar-refractivity contribution in [3.8, 4) is 22.6 Å². The molecule has 1 aliphatic rings. The van der Waals surface area contributed by atoms with Crippen LogP contribution < -0.4 is 41.9 Å². The SMILES string of the molecule is CS(=O)(=O)O.C[N-]c1ccccc1-c1[c-]cccc1.[Pd+2].c1ccc(P(c2ccccc2)c2cccc3c2Oc2c(cccc2P(c2ccccc2)c2ccccc2)N3)cc1. The van der Waals surface area contributed by atoms with Gasteiger partial charge in [-0.05, 0) is 61.3 Å². The van der Waals surface area contributed by atoms with E-state index in [9.17, 15) is 8.42 Å². The van der Waals surface area contributed by atoms with Crippen LogP contribution in [0.25, 0.3) is 16.4 Å². The van der Waals surface area contributed by atoms with Crippen LogP contribution in [0.1, 0.15) is 0 Å². The summed E-state index contributed by atoms with van der Waals surface area (Å²) >= 11 is 0. The van der Waals surface area contributed by atoms with E-state index in [1.165, 1.54) is 31.8 Å². The Kier molecular flexibility index (Phi) is 15.6. The second kappa shape index (κ2) is 21.2. The van der Waals surface area contributed by atoms with Gasteiger partial charge in [0.1, 0.15) is 0 Å². The van der Waals surface area contributed by atoms with Gasteiger partial charge in [-0.25, -0.2) is 0 Å². The smallest absolute Gasteiger partial charge is 0.694 e. The van der Waals surface area contributed by atoms with Crippen LogP contribution in [0.3, 0.4) is 0 Å². The van der Waals surface area contributed by atoms with E-state index in [1.807, 2.05) is 49.5 Å². The zero-order valence-electron chi connectivity index (χ0n) is 32.9. The first-order valence-electron chi connectivity index (χ1n) is 18.9. The van der Waals surface area contributed by atoms with E-state index in [2.05, 4.69) is 180 Å². The standard InChI is InChI=1S/C36H27NOP2.C13H11N.CH4O3S.Pd/c1-5-15-27(16-6-1)39(28-17-7-2-8-18-28)33-25-13-23-31-35(33)38-36-32(37-31)24-14-26-34(36)40(29-19-9-3-10-20-29)30-21-11-4-12-22-30;1-14-13-10-6-5-9-12(13)11-7-3-2-4-8-11;1-5(2,3)4;/h1-26,37H;2-7,9-10H,1H3;1H3,(H,2,3,4);/q;-2;;+2. The maximum Gasteiger partial charge on any atom is 2.00 e. The van der Waals surface area contributed by atoms with Gasteiger partial charge in [0.2, 0.25) is 0 Å². The number of hydrogen-bond donors (Lipinski definition) is 2. The van der Waals surface area contributed by atoms with E-state index in [0.29, 0.717) is 6.26 Å². The van der Waals surface area contributed by atoms with Gasteiger partial charge in [-0.1, -0.05) is 158 Å². The van der Waals surface area contributed by atoms with Gasteiger partial charge in [0.25, 0.3) is 10.1 Å². The molecule has 0 atom stereocenters. The van der Waals surface area contributed by atoms with Gasteiger partial charge in [-0.3, -0.25) is 4.55 Å². The first-order valence-corrected chi connectivity index (χ1v) is 23.4. The molecule has 1 heterocycles. The molecule has 6 nitrogen and oxygen atoms in total. The molecule has 0 bridgehead atoms. The Labute approximate surface area is 369 Å². The molecule has 0 saturated carbocycles. The quantitative estimate of drug-likeness (QED) is 0.0686. The van der Waals surface area contributed by atoms with E-state index in [-0.39, 0.29) is 20.4 Å². The molecule has 2 N–H and O–H groups in total. The number of hydrogen-bond acceptors (Lipinski definition) is 4. The van der Waals surface area contributed by atoms with Crippen molar-refractivity contribution >= 4 is 74.9 Å². The number of nitrogens with zero attached hydrogens (tertiary/aromatic N) is 1. The van der Waals surface area contributed by atoms with Gasteiger partial charge < -0.3 is 15.4 Å². The Morgan fingerprint density at radius 1 is 0.533 bits per heavy atom. The van der Waals surface area contributed by atoms with Crippen molar-refractivity contribution in [3.05, 3.63) is 218 Å². The van der Waals surface area contributed by atoms with Crippen molar-refractivity contribution < 1.29 is 38.1 Å². The average molecular weight is 935 g/mol. The summed E-state index contributed by atoms with van der Waals surface area (Å²) in [6.07, 6.45) is 0.715. The number of anilines is 2. The molecule has 9 rings (SSSR count). The van der Waals surface area contributed by atoms with Crippen molar-refractivity contribution in [1.29, 1.82) is 0 Å². The van der Waals surface area contributed by atoms with Crippen LogP contribution in [0.2, 0.25) is 0 Å². The van der Waals surface area contributed by atoms with Gasteiger partial charge in [-0.15, -0.1) is 48.5 Å². The minimum absolute atomic E-state index is 0. The molecule has 0 aliphatic carbocycles. The second-order valence-corrected chi connectivity index (χ2v) is 19.1. The number of rotatable bonds is 8. The zero-order chi connectivity index (χ0) is 41.0. The van der Waals surface area contributed by atoms with Gasteiger partial charge in [0, 0.05) is 10.6 Å². The molecule has 0 unspecified atom stereocenters. The fourth-order valence-corrected chi connectivity index (χ4v) is 11.5. The summed E-state index contributed by atoms with van der Waals surface area (Å²) in [6, 6.07) is 75.4. The van der Waals surface area contributed by atoms with Crippen molar-refractivity contribution in [2.24, 2.45) is 0 Å². The van der Waals surface area contributed by atoms with E-state index in [4.69, 9.17) is 9.29 Å². The van der Waals surface area contributed by atoms with E-state index in [1.54, 1.807) is 0 Å². The second-order valence-electron chi connectivity index (χ2n) is 13.3. The molecular weight excluding hydrogens is 893 g/mol. The Morgan fingerprint density at radius 3 is 1.30 bits per heavy atom. The molecule has 0 amide bonds. The van der Waals surface area contributed by atoms with Crippen molar-refractivity contribution in [2.45, 2.75) is 0 Å². The van der Waals surface area contributed by atoms with Crippen LogP contribution in [-0.4, -0.2) is 26.3 Å². The van der Waals surface area contributed by atoms with Gasteiger partial charge in [0.05, 0.1) is 17.6 Å². The summed E-state index contributed by atoms with van der Waals surface area (Å²) in [4.78, 5) is 0. The van der Waals surface area contributed by atoms with E-state index < -0.39 is 26.0 Å². The van der Waals surface area contributed by atoms with Crippen LogP contribution in [0.5, 0.6) is 11.5 Å². The Hall–Kier alpha value is -5.41. The molecule has 302 valence electrons. The third-order valence-electron chi connectivity index (χ3n) is 9.15. The molecule has 0 radical (unpaired) electrons. The fraction of sp³-hybridized carbons (Fsp3) is 0.0400. The normalized spacial score (nSPS) is 11.2. The third-order valence-corrected chi connectivity index (χ3v) is 14.1. The summed E-state index contributed by atoms with van der Waals surface area (Å²) < 4.78 is 32.9. The van der Waals surface area contributed by atoms with Crippen molar-refractivity contribution in [1.82, 2.24) is 0 Å². The summed E-state index contributed by atoms with van der Waals surface area (Å²) in [5, 5.41) is 15.6. The van der Waals surface area contributed by atoms with Gasteiger partial charge in [-0.2, -0.15) is 14.1 Å². The number of nitrogens with one attached hydrogen (secondary N) is 1. The molecule has 0 aromatic heterocycles. The molecule has 8 aromatic rings. The third kappa shape index (κ3) is 11.2. The average Bonchev–Trinajstić information content (AvgIpc) is 3.27. The van der Waals surface area contributed by atoms with Crippen molar-refractivity contribution in [2.75, 3.05) is 18.6 Å². The predicted molar refractivity (Wildman–Crippen MR) is 251 cm³/mol. The van der Waals surface area contributed by atoms with Gasteiger partial charge in [0.15, 0.2) is 11.5 Å². The van der Waals surface area contributed by atoms with Crippen LogP contribution in [0.15, 0.2) is 206 Å². The molecule has 1 aliphatic heterocycles. The summed E-state index contributed by atoms with van der Waals surface area (Å²) in [5.41, 5.74) is 5.25. The number of fused-ring (bicyclic) bond motifs is 2. The molecule has 8 aromatic carbocycles.